The number of aromatic nitrogens is 1. The minimum Gasteiger partial charge on any atom is -0.497 e. The largest absolute Gasteiger partial charge is 0.497 e. The summed E-state index contributed by atoms with van der Waals surface area (Å²) in [6.07, 6.45) is 0.119. The van der Waals surface area contributed by atoms with Gasteiger partial charge in [0.2, 0.25) is 11.8 Å². The second-order valence-corrected chi connectivity index (χ2v) is 8.61. The maximum Gasteiger partial charge on any atom is 0.230 e. The van der Waals surface area contributed by atoms with Crippen molar-refractivity contribution in [2.45, 2.75) is 17.7 Å². The van der Waals surface area contributed by atoms with Gasteiger partial charge in [-0.15, -0.1) is 11.3 Å². The predicted molar refractivity (Wildman–Crippen MR) is 123 cm³/mol. The Hall–Kier alpha value is -3.17. The van der Waals surface area contributed by atoms with E-state index < -0.39 is 0 Å². The van der Waals surface area contributed by atoms with Crippen molar-refractivity contribution in [2.75, 3.05) is 23.5 Å². The van der Waals surface area contributed by atoms with E-state index in [4.69, 9.17) is 4.74 Å². The van der Waals surface area contributed by atoms with E-state index in [1.807, 2.05) is 5.38 Å². The topological polar surface area (TPSA) is 97.4 Å². The van der Waals surface area contributed by atoms with Gasteiger partial charge < -0.3 is 15.4 Å². The molecule has 0 saturated heterocycles. The Balaban J connectivity index is 1.50. The number of rotatable bonds is 9. The van der Waals surface area contributed by atoms with Crippen molar-refractivity contribution in [3.63, 3.8) is 0 Å². The first-order valence-corrected chi connectivity index (χ1v) is 11.2. The van der Waals surface area contributed by atoms with E-state index in [0.29, 0.717) is 28.4 Å². The van der Waals surface area contributed by atoms with Gasteiger partial charge in [0.1, 0.15) is 5.75 Å². The van der Waals surface area contributed by atoms with Crippen LogP contribution in [0.25, 0.3) is 0 Å². The molecule has 0 saturated carbocycles. The van der Waals surface area contributed by atoms with Crippen LogP contribution in [0, 0.1) is 0 Å². The molecule has 2 amide bonds. The van der Waals surface area contributed by atoms with Gasteiger partial charge >= 0.3 is 0 Å². The molecule has 0 unspecified atom stereocenters. The van der Waals surface area contributed by atoms with Crippen LogP contribution in [-0.4, -0.2) is 35.4 Å². The molecule has 1 heterocycles. The van der Waals surface area contributed by atoms with Crippen LogP contribution in [0.15, 0.2) is 58.3 Å². The number of Topliss-reactive ketones (excluding diaryl/α,β-unsaturated/α-hetero) is 1. The molecule has 0 spiro atoms. The fourth-order valence-electron chi connectivity index (χ4n) is 2.67. The number of carbonyl (C=O) groups excluding carboxylic acids is 3. The van der Waals surface area contributed by atoms with E-state index in [1.165, 1.54) is 30.0 Å². The van der Waals surface area contributed by atoms with Crippen molar-refractivity contribution in [3.05, 3.63) is 65.2 Å². The highest BCUT2D eigenvalue weighted by Crippen LogP contribution is 2.24. The molecule has 7 nitrogen and oxygen atoms in total. The maximum atomic E-state index is 12.3. The third-order valence-corrected chi connectivity index (χ3v) is 6.15. The number of amides is 2. The lowest BCUT2D eigenvalue weighted by molar-refractivity contribution is -0.116. The van der Waals surface area contributed by atoms with E-state index in [2.05, 4.69) is 15.6 Å². The smallest absolute Gasteiger partial charge is 0.230 e. The molecular formula is C22H21N3O4S2. The summed E-state index contributed by atoms with van der Waals surface area (Å²) >= 11 is 2.75. The molecule has 0 bridgehead atoms. The van der Waals surface area contributed by atoms with Gasteiger partial charge in [-0.25, -0.2) is 4.98 Å². The van der Waals surface area contributed by atoms with Gasteiger partial charge in [0.15, 0.2) is 10.1 Å². The predicted octanol–water partition coefficient (Wildman–Crippen LogP) is 4.27. The lowest BCUT2D eigenvalue weighted by Crippen LogP contribution is -2.15. The van der Waals surface area contributed by atoms with Crippen LogP contribution >= 0.6 is 23.1 Å². The normalized spacial score (nSPS) is 10.4. The molecule has 0 atom stereocenters. The first kappa shape index (κ1) is 22.5. The van der Waals surface area contributed by atoms with Crippen LogP contribution in [0.1, 0.15) is 23.0 Å². The zero-order chi connectivity index (χ0) is 22.2. The summed E-state index contributed by atoms with van der Waals surface area (Å²) in [5, 5.41) is 7.29. The Labute approximate surface area is 188 Å². The number of nitrogens with zero attached hydrogens (tertiary/aromatic N) is 1. The molecule has 160 valence electrons. The second kappa shape index (κ2) is 10.7. The Bertz CT molecular complexity index is 1080. The summed E-state index contributed by atoms with van der Waals surface area (Å²) in [5.41, 5.74) is 2.45. The molecule has 3 rings (SSSR count). The van der Waals surface area contributed by atoms with Gasteiger partial charge in [0.05, 0.1) is 25.0 Å². The molecule has 31 heavy (non-hydrogen) atoms. The minimum absolute atomic E-state index is 0.00111. The number of carbonyl (C=O) groups is 3. The average Bonchev–Trinajstić information content (AvgIpc) is 3.19. The zero-order valence-electron chi connectivity index (χ0n) is 17.0. The van der Waals surface area contributed by atoms with E-state index in [-0.39, 0.29) is 29.8 Å². The standard InChI is InChI=1S/C22H21N3O4S2/c1-14(26)23-16-4-3-5-17(10-16)24-21(28)11-18-12-30-22(25-18)31-13-20(27)15-6-8-19(29-2)9-7-15/h3-10,12H,11,13H2,1-2H3,(H,23,26)(H,24,28). The lowest BCUT2D eigenvalue weighted by atomic mass is 10.1. The van der Waals surface area contributed by atoms with Crippen LogP contribution in [0.5, 0.6) is 5.75 Å². The van der Waals surface area contributed by atoms with Crippen molar-refractivity contribution in [1.29, 1.82) is 0 Å². The Morgan fingerprint density at radius 1 is 1.06 bits per heavy atom. The maximum absolute atomic E-state index is 12.3. The number of ether oxygens (including phenoxy) is 1. The summed E-state index contributed by atoms with van der Waals surface area (Å²) in [7, 11) is 1.58. The zero-order valence-corrected chi connectivity index (χ0v) is 18.6. The number of thioether (sulfide) groups is 1. The quantitative estimate of drug-likeness (QED) is 0.369. The Morgan fingerprint density at radius 3 is 2.45 bits per heavy atom. The summed E-state index contributed by atoms with van der Waals surface area (Å²) in [4.78, 5) is 40.2. The van der Waals surface area contributed by atoms with E-state index in [9.17, 15) is 14.4 Å². The van der Waals surface area contributed by atoms with Crippen LogP contribution < -0.4 is 15.4 Å². The van der Waals surface area contributed by atoms with Gasteiger partial charge in [0, 0.05) is 29.2 Å². The van der Waals surface area contributed by atoms with Gasteiger partial charge in [-0.2, -0.15) is 0 Å². The fourth-order valence-corrected chi connectivity index (χ4v) is 4.41. The molecule has 0 aliphatic carbocycles. The molecular weight excluding hydrogens is 434 g/mol. The van der Waals surface area contributed by atoms with Gasteiger partial charge in [-0.05, 0) is 42.5 Å². The SMILES string of the molecule is COc1ccc(C(=O)CSc2nc(CC(=O)Nc3cccc(NC(C)=O)c3)cs2)cc1. The highest BCUT2D eigenvalue weighted by Gasteiger charge is 2.12. The summed E-state index contributed by atoms with van der Waals surface area (Å²) in [5.74, 6) is 0.578. The summed E-state index contributed by atoms with van der Waals surface area (Å²) in [6.45, 7) is 1.42. The number of hydrogen-bond acceptors (Lipinski definition) is 7. The number of benzene rings is 2. The van der Waals surface area contributed by atoms with Gasteiger partial charge in [-0.3, -0.25) is 14.4 Å². The average molecular weight is 456 g/mol. The third-order valence-electron chi connectivity index (χ3n) is 4.08. The molecule has 0 radical (unpaired) electrons. The third kappa shape index (κ3) is 6.94. The monoisotopic (exact) mass is 455 g/mol. The Morgan fingerprint density at radius 2 is 1.77 bits per heavy atom. The van der Waals surface area contributed by atoms with Crippen LogP contribution in [0.2, 0.25) is 0 Å². The summed E-state index contributed by atoms with van der Waals surface area (Å²) < 4.78 is 5.83. The van der Waals surface area contributed by atoms with Crippen molar-refractivity contribution in [1.82, 2.24) is 4.98 Å². The minimum atomic E-state index is -0.212. The molecule has 9 heteroatoms. The van der Waals surface area contributed by atoms with Crippen molar-refractivity contribution >= 4 is 52.1 Å². The number of methoxy groups -OCH3 is 1. The molecule has 2 N–H and O–H groups in total. The molecule has 0 aliphatic heterocycles. The fraction of sp³-hybridized carbons (Fsp3) is 0.182. The lowest BCUT2D eigenvalue weighted by Gasteiger charge is -2.07. The number of hydrogen-bond donors (Lipinski definition) is 2. The van der Waals surface area contributed by atoms with Crippen LogP contribution in [-0.2, 0) is 16.0 Å². The molecule has 3 aromatic rings. The van der Waals surface area contributed by atoms with Crippen LogP contribution in [0.3, 0.4) is 0 Å². The number of thiazole rings is 1. The molecule has 0 fully saturated rings. The first-order chi connectivity index (χ1) is 14.9. The second-order valence-electron chi connectivity index (χ2n) is 6.53. The van der Waals surface area contributed by atoms with E-state index in [1.54, 1.807) is 55.6 Å². The van der Waals surface area contributed by atoms with Crippen LogP contribution in [0.4, 0.5) is 11.4 Å². The highest BCUT2D eigenvalue weighted by molar-refractivity contribution is 8.01. The van der Waals surface area contributed by atoms with E-state index in [0.717, 1.165) is 4.34 Å². The van der Waals surface area contributed by atoms with Gasteiger partial charge in [0.25, 0.3) is 0 Å². The number of nitrogens with one attached hydrogen (secondary N) is 2. The van der Waals surface area contributed by atoms with E-state index >= 15 is 0 Å². The van der Waals surface area contributed by atoms with Crippen molar-refractivity contribution < 1.29 is 19.1 Å². The first-order valence-electron chi connectivity index (χ1n) is 9.35. The molecule has 0 aliphatic rings. The summed E-state index contributed by atoms with van der Waals surface area (Å²) in [6, 6.07) is 13.9. The van der Waals surface area contributed by atoms with Gasteiger partial charge in [-0.1, -0.05) is 17.8 Å². The molecule has 2 aromatic carbocycles. The number of ketones is 1. The number of anilines is 2. The highest BCUT2D eigenvalue weighted by atomic mass is 32.2. The molecule has 1 aromatic heterocycles. The Kier molecular flexibility index (Phi) is 7.80. The van der Waals surface area contributed by atoms with Crippen molar-refractivity contribution in [3.8, 4) is 5.75 Å². The van der Waals surface area contributed by atoms with Crippen molar-refractivity contribution in [2.24, 2.45) is 0 Å².